The summed E-state index contributed by atoms with van der Waals surface area (Å²) in [5, 5.41) is 12.6. The van der Waals surface area contributed by atoms with Crippen molar-refractivity contribution in [3.05, 3.63) is 0 Å². The SMILES string of the molecule is CCNC1(CCO)CCOC(CC)C1. The topological polar surface area (TPSA) is 41.5 Å². The Morgan fingerprint density at radius 2 is 2.29 bits per heavy atom. The highest BCUT2D eigenvalue weighted by atomic mass is 16.5. The van der Waals surface area contributed by atoms with Crippen molar-refractivity contribution >= 4 is 0 Å². The van der Waals surface area contributed by atoms with Crippen LogP contribution in [0, 0.1) is 0 Å². The summed E-state index contributed by atoms with van der Waals surface area (Å²) in [5.74, 6) is 0. The molecule has 0 aromatic rings. The Morgan fingerprint density at radius 3 is 2.86 bits per heavy atom. The summed E-state index contributed by atoms with van der Waals surface area (Å²) < 4.78 is 5.65. The highest BCUT2D eigenvalue weighted by Crippen LogP contribution is 2.29. The Kier molecular flexibility index (Phi) is 4.85. The fourth-order valence-corrected chi connectivity index (χ4v) is 2.34. The molecular weight excluding hydrogens is 178 g/mol. The summed E-state index contributed by atoms with van der Waals surface area (Å²) in [6, 6.07) is 0. The first-order valence-electron chi connectivity index (χ1n) is 5.74. The Morgan fingerprint density at radius 1 is 1.50 bits per heavy atom. The van der Waals surface area contributed by atoms with Crippen LogP contribution >= 0.6 is 0 Å². The highest BCUT2D eigenvalue weighted by Gasteiger charge is 2.34. The molecule has 84 valence electrons. The van der Waals surface area contributed by atoms with E-state index in [1.165, 1.54) is 0 Å². The first-order valence-corrected chi connectivity index (χ1v) is 5.74. The van der Waals surface area contributed by atoms with E-state index in [-0.39, 0.29) is 12.1 Å². The molecule has 2 N–H and O–H groups in total. The monoisotopic (exact) mass is 201 g/mol. The van der Waals surface area contributed by atoms with Crippen molar-refractivity contribution in [1.82, 2.24) is 5.32 Å². The molecule has 1 fully saturated rings. The molecule has 0 saturated carbocycles. The molecule has 0 bridgehead atoms. The van der Waals surface area contributed by atoms with Crippen LogP contribution in [0.25, 0.3) is 0 Å². The van der Waals surface area contributed by atoms with Crippen LogP contribution in [0.1, 0.15) is 39.5 Å². The molecule has 2 unspecified atom stereocenters. The second-order valence-corrected chi connectivity index (χ2v) is 4.14. The van der Waals surface area contributed by atoms with Crippen molar-refractivity contribution in [2.45, 2.75) is 51.2 Å². The summed E-state index contributed by atoms with van der Waals surface area (Å²) >= 11 is 0. The van der Waals surface area contributed by atoms with Gasteiger partial charge in [-0.25, -0.2) is 0 Å². The fraction of sp³-hybridized carbons (Fsp3) is 1.00. The lowest BCUT2D eigenvalue weighted by molar-refractivity contribution is -0.0359. The Hall–Kier alpha value is -0.120. The lowest BCUT2D eigenvalue weighted by Gasteiger charge is -2.41. The Bertz CT molecular complexity index is 150. The third-order valence-electron chi connectivity index (χ3n) is 3.15. The van der Waals surface area contributed by atoms with Crippen molar-refractivity contribution < 1.29 is 9.84 Å². The van der Waals surface area contributed by atoms with Crippen LogP contribution < -0.4 is 5.32 Å². The molecule has 0 aliphatic carbocycles. The zero-order chi connectivity index (χ0) is 10.4. The van der Waals surface area contributed by atoms with Crippen LogP contribution in [0.2, 0.25) is 0 Å². The number of ether oxygens (including phenoxy) is 1. The summed E-state index contributed by atoms with van der Waals surface area (Å²) in [5.41, 5.74) is 0.127. The summed E-state index contributed by atoms with van der Waals surface area (Å²) in [6.07, 6.45) is 4.35. The molecular formula is C11H23NO2. The van der Waals surface area contributed by atoms with Gasteiger partial charge in [0.2, 0.25) is 0 Å². The van der Waals surface area contributed by atoms with Gasteiger partial charge in [-0.3, -0.25) is 0 Å². The second-order valence-electron chi connectivity index (χ2n) is 4.14. The van der Waals surface area contributed by atoms with E-state index in [1.54, 1.807) is 0 Å². The van der Waals surface area contributed by atoms with Crippen molar-refractivity contribution in [3.63, 3.8) is 0 Å². The first kappa shape index (κ1) is 12.0. The average molecular weight is 201 g/mol. The van der Waals surface area contributed by atoms with Crippen molar-refractivity contribution in [3.8, 4) is 0 Å². The minimum atomic E-state index is 0.127. The van der Waals surface area contributed by atoms with Gasteiger partial charge in [0.25, 0.3) is 0 Å². The van der Waals surface area contributed by atoms with Gasteiger partial charge in [-0.05, 0) is 32.2 Å². The normalized spacial score (nSPS) is 33.2. The first-order chi connectivity index (χ1) is 6.76. The lowest BCUT2D eigenvalue weighted by atomic mass is 9.83. The molecule has 0 aromatic heterocycles. The van der Waals surface area contributed by atoms with E-state index in [0.29, 0.717) is 6.10 Å². The zero-order valence-corrected chi connectivity index (χ0v) is 9.38. The molecule has 0 amide bonds. The summed E-state index contributed by atoms with van der Waals surface area (Å²) in [6.45, 7) is 6.34. The predicted octanol–water partition coefficient (Wildman–Crippen LogP) is 1.31. The molecule has 14 heavy (non-hydrogen) atoms. The summed E-state index contributed by atoms with van der Waals surface area (Å²) in [7, 11) is 0. The van der Waals surface area contributed by atoms with Gasteiger partial charge in [-0.1, -0.05) is 13.8 Å². The van der Waals surface area contributed by atoms with E-state index in [1.807, 2.05) is 0 Å². The van der Waals surface area contributed by atoms with Crippen LogP contribution in [0.15, 0.2) is 0 Å². The third-order valence-corrected chi connectivity index (χ3v) is 3.15. The maximum Gasteiger partial charge on any atom is 0.0590 e. The number of hydrogen-bond acceptors (Lipinski definition) is 3. The van der Waals surface area contributed by atoms with E-state index in [9.17, 15) is 0 Å². The number of nitrogens with one attached hydrogen (secondary N) is 1. The number of aliphatic hydroxyl groups excluding tert-OH is 1. The van der Waals surface area contributed by atoms with E-state index in [0.717, 1.165) is 38.8 Å². The molecule has 1 aliphatic heterocycles. The van der Waals surface area contributed by atoms with Crippen molar-refractivity contribution in [1.29, 1.82) is 0 Å². The summed E-state index contributed by atoms with van der Waals surface area (Å²) in [4.78, 5) is 0. The predicted molar refractivity (Wildman–Crippen MR) is 57.4 cm³/mol. The van der Waals surface area contributed by atoms with Crippen LogP contribution in [0.3, 0.4) is 0 Å². The quantitative estimate of drug-likeness (QED) is 0.704. The third kappa shape index (κ3) is 2.94. The van der Waals surface area contributed by atoms with Crippen LogP contribution in [0.4, 0.5) is 0 Å². The van der Waals surface area contributed by atoms with Crippen molar-refractivity contribution in [2.24, 2.45) is 0 Å². The molecule has 0 spiro atoms. The molecule has 0 radical (unpaired) electrons. The molecule has 3 nitrogen and oxygen atoms in total. The Labute approximate surface area is 86.8 Å². The number of aliphatic hydroxyl groups is 1. The van der Waals surface area contributed by atoms with E-state index in [2.05, 4.69) is 19.2 Å². The number of hydrogen-bond donors (Lipinski definition) is 2. The van der Waals surface area contributed by atoms with Gasteiger partial charge in [0.1, 0.15) is 0 Å². The smallest absolute Gasteiger partial charge is 0.0590 e. The lowest BCUT2D eigenvalue weighted by Crippen LogP contribution is -2.52. The fourth-order valence-electron chi connectivity index (χ4n) is 2.34. The molecule has 1 rings (SSSR count). The van der Waals surface area contributed by atoms with Crippen LogP contribution in [0.5, 0.6) is 0 Å². The van der Waals surface area contributed by atoms with E-state index < -0.39 is 0 Å². The second kappa shape index (κ2) is 5.69. The van der Waals surface area contributed by atoms with Gasteiger partial charge in [0, 0.05) is 18.8 Å². The molecule has 1 saturated heterocycles. The minimum absolute atomic E-state index is 0.127. The maximum absolute atomic E-state index is 9.09. The minimum Gasteiger partial charge on any atom is -0.396 e. The van der Waals surface area contributed by atoms with Gasteiger partial charge < -0.3 is 15.2 Å². The van der Waals surface area contributed by atoms with Crippen molar-refractivity contribution in [2.75, 3.05) is 19.8 Å². The van der Waals surface area contributed by atoms with Crippen LogP contribution in [-0.4, -0.2) is 36.5 Å². The molecule has 2 atom stereocenters. The zero-order valence-electron chi connectivity index (χ0n) is 9.38. The average Bonchev–Trinajstić information content (AvgIpc) is 2.19. The molecule has 1 aliphatic rings. The molecule has 3 heteroatoms. The molecule has 1 heterocycles. The highest BCUT2D eigenvalue weighted by molar-refractivity contribution is 4.92. The van der Waals surface area contributed by atoms with Gasteiger partial charge in [-0.2, -0.15) is 0 Å². The van der Waals surface area contributed by atoms with E-state index >= 15 is 0 Å². The number of rotatable bonds is 5. The van der Waals surface area contributed by atoms with Gasteiger partial charge in [0.15, 0.2) is 0 Å². The largest absolute Gasteiger partial charge is 0.396 e. The maximum atomic E-state index is 9.09. The van der Waals surface area contributed by atoms with E-state index in [4.69, 9.17) is 9.84 Å². The van der Waals surface area contributed by atoms with Gasteiger partial charge in [-0.15, -0.1) is 0 Å². The van der Waals surface area contributed by atoms with Crippen LogP contribution in [-0.2, 0) is 4.74 Å². The van der Waals surface area contributed by atoms with Gasteiger partial charge in [0.05, 0.1) is 6.10 Å². The van der Waals surface area contributed by atoms with Gasteiger partial charge >= 0.3 is 0 Å². The standard InChI is InChI=1S/C11H23NO2/c1-3-10-9-11(5-7-13,12-4-2)6-8-14-10/h10,12-13H,3-9H2,1-2H3. The molecule has 0 aromatic carbocycles. The Balaban J connectivity index is 2.55.